The number of nitrogens with zero attached hydrogens (tertiary/aromatic N) is 3. The number of hydrogen-bond donors (Lipinski definition) is 3. The topological polar surface area (TPSA) is 113 Å². The van der Waals surface area contributed by atoms with Gasteiger partial charge in [-0.2, -0.15) is 5.10 Å². The number of rotatable bonds is 4. The van der Waals surface area contributed by atoms with Crippen LogP contribution in [-0.4, -0.2) is 32.0 Å². The number of carbonyl (C=O) groups is 2. The highest BCUT2D eigenvalue weighted by Gasteiger charge is 2.18. The molecule has 112 valence electrons. The van der Waals surface area contributed by atoms with Gasteiger partial charge in [-0.25, -0.2) is 4.98 Å². The van der Waals surface area contributed by atoms with Crippen molar-refractivity contribution in [1.29, 1.82) is 0 Å². The Labute approximate surface area is 129 Å². The quantitative estimate of drug-likeness (QED) is 0.671. The molecule has 0 saturated carbocycles. The maximum absolute atomic E-state index is 12.2. The largest absolute Gasteiger partial charge is 0.347 e. The van der Waals surface area contributed by atoms with Crippen LogP contribution < -0.4 is 10.6 Å². The Morgan fingerprint density at radius 1 is 1.32 bits per heavy atom. The lowest BCUT2D eigenvalue weighted by molar-refractivity contribution is -0.114. The van der Waals surface area contributed by atoms with Crippen molar-refractivity contribution in [3.05, 3.63) is 35.8 Å². The molecule has 0 bridgehead atoms. The number of carbonyl (C=O) groups excluding carboxylic acids is 2. The third-order valence-corrected chi connectivity index (χ3v) is 3.79. The zero-order valence-electron chi connectivity index (χ0n) is 11.6. The number of H-pyrrole nitrogens is 1. The van der Waals surface area contributed by atoms with Gasteiger partial charge in [-0.3, -0.25) is 19.7 Å². The number of thiazole rings is 1. The lowest BCUT2D eigenvalue weighted by atomic mass is 10.2. The third kappa shape index (κ3) is 2.93. The van der Waals surface area contributed by atoms with Crippen LogP contribution >= 0.6 is 11.3 Å². The molecule has 0 atom stereocenters. The Morgan fingerprint density at radius 3 is 2.82 bits per heavy atom. The molecule has 0 spiro atoms. The van der Waals surface area contributed by atoms with Gasteiger partial charge in [0.2, 0.25) is 5.91 Å². The van der Waals surface area contributed by atoms with Crippen molar-refractivity contribution in [2.45, 2.75) is 13.5 Å². The van der Waals surface area contributed by atoms with E-state index >= 15 is 0 Å². The molecule has 8 nitrogen and oxygen atoms in total. The van der Waals surface area contributed by atoms with E-state index in [1.165, 1.54) is 18.3 Å². The summed E-state index contributed by atoms with van der Waals surface area (Å²) in [5.41, 5.74) is 1.68. The first-order valence-corrected chi connectivity index (χ1v) is 7.24. The summed E-state index contributed by atoms with van der Waals surface area (Å²) >= 11 is 1.20. The van der Waals surface area contributed by atoms with Crippen LogP contribution in [0.2, 0.25) is 0 Å². The minimum absolute atomic E-state index is 0.215. The monoisotopic (exact) mass is 316 g/mol. The molecule has 3 rings (SSSR count). The van der Waals surface area contributed by atoms with Gasteiger partial charge in [0.25, 0.3) is 5.91 Å². The van der Waals surface area contributed by atoms with Crippen LogP contribution in [0.3, 0.4) is 0 Å². The second-order valence-corrected chi connectivity index (χ2v) is 5.49. The van der Waals surface area contributed by atoms with Gasteiger partial charge >= 0.3 is 0 Å². The summed E-state index contributed by atoms with van der Waals surface area (Å²) in [6.45, 7) is 1.78. The SMILES string of the molecule is CC(=O)Nc1nc2[nH]nc(C(=O)NCc3ccncc3)c2s1. The number of nitrogens with one attached hydrogen (secondary N) is 3. The highest BCUT2D eigenvalue weighted by molar-refractivity contribution is 7.22. The Bertz CT molecular complexity index is 826. The molecular weight excluding hydrogens is 304 g/mol. The molecule has 0 aliphatic carbocycles. The second kappa shape index (κ2) is 5.90. The fourth-order valence-electron chi connectivity index (χ4n) is 1.84. The van der Waals surface area contributed by atoms with Crippen molar-refractivity contribution in [1.82, 2.24) is 25.5 Å². The maximum atomic E-state index is 12.2. The second-order valence-electron chi connectivity index (χ2n) is 4.49. The number of fused-ring (bicyclic) bond motifs is 1. The molecule has 9 heteroatoms. The van der Waals surface area contributed by atoms with Gasteiger partial charge in [0, 0.05) is 25.9 Å². The molecule has 0 fully saturated rings. The summed E-state index contributed by atoms with van der Waals surface area (Å²) in [5.74, 6) is -0.519. The summed E-state index contributed by atoms with van der Waals surface area (Å²) < 4.78 is 0.607. The zero-order valence-corrected chi connectivity index (χ0v) is 12.4. The number of pyridine rings is 1. The fourth-order valence-corrected chi connectivity index (χ4v) is 2.79. The van der Waals surface area contributed by atoms with Crippen molar-refractivity contribution in [3.63, 3.8) is 0 Å². The van der Waals surface area contributed by atoms with Gasteiger partial charge in [0.15, 0.2) is 16.5 Å². The number of aromatic amines is 1. The summed E-state index contributed by atoms with van der Waals surface area (Å²) in [6.07, 6.45) is 3.33. The predicted octanol–water partition coefficient (Wildman–Crippen LogP) is 1.30. The number of hydrogen-bond acceptors (Lipinski definition) is 6. The molecule has 3 aromatic heterocycles. The molecule has 0 unspecified atom stereocenters. The van der Waals surface area contributed by atoms with E-state index in [2.05, 4.69) is 30.8 Å². The lowest BCUT2D eigenvalue weighted by Gasteiger charge is -2.02. The minimum atomic E-state index is -0.305. The first-order valence-electron chi connectivity index (χ1n) is 6.43. The van der Waals surface area contributed by atoms with Gasteiger partial charge in [-0.05, 0) is 17.7 Å². The summed E-state index contributed by atoms with van der Waals surface area (Å²) in [5, 5.41) is 12.5. The van der Waals surface area contributed by atoms with Gasteiger partial charge in [0.1, 0.15) is 4.70 Å². The summed E-state index contributed by atoms with van der Waals surface area (Å²) in [7, 11) is 0. The fraction of sp³-hybridized carbons (Fsp3) is 0.154. The molecule has 3 N–H and O–H groups in total. The Morgan fingerprint density at radius 2 is 2.09 bits per heavy atom. The van der Waals surface area contributed by atoms with Crippen LogP contribution in [0.25, 0.3) is 10.3 Å². The van der Waals surface area contributed by atoms with Crippen molar-refractivity contribution in [2.24, 2.45) is 0 Å². The zero-order chi connectivity index (χ0) is 15.5. The highest BCUT2D eigenvalue weighted by atomic mass is 32.1. The van der Waals surface area contributed by atoms with Crippen molar-refractivity contribution < 1.29 is 9.59 Å². The lowest BCUT2D eigenvalue weighted by Crippen LogP contribution is -2.23. The van der Waals surface area contributed by atoms with Crippen LogP contribution in [0.4, 0.5) is 5.13 Å². The van der Waals surface area contributed by atoms with Crippen LogP contribution in [0.5, 0.6) is 0 Å². The summed E-state index contributed by atoms with van der Waals surface area (Å²) in [6, 6.07) is 3.64. The molecule has 22 heavy (non-hydrogen) atoms. The van der Waals surface area contributed by atoms with Gasteiger partial charge in [-0.1, -0.05) is 11.3 Å². The van der Waals surface area contributed by atoms with E-state index < -0.39 is 0 Å². The molecule has 2 amide bonds. The van der Waals surface area contributed by atoms with E-state index in [1.807, 2.05) is 12.1 Å². The molecule has 0 aromatic carbocycles. The van der Waals surface area contributed by atoms with E-state index in [-0.39, 0.29) is 17.5 Å². The summed E-state index contributed by atoms with van der Waals surface area (Å²) in [4.78, 5) is 31.3. The van der Waals surface area contributed by atoms with E-state index in [9.17, 15) is 9.59 Å². The Kier molecular flexibility index (Phi) is 3.79. The third-order valence-electron chi connectivity index (χ3n) is 2.82. The van der Waals surface area contributed by atoms with Crippen LogP contribution in [-0.2, 0) is 11.3 Å². The normalized spacial score (nSPS) is 10.6. The standard InChI is InChI=1S/C13H12N6O2S/c1-7(20)16-13-17-11-10(22-13)9(18-19-11)12(21)15-6-8-2-4-14-5-3-8/h2-5H,6H2,1H3,(H,15,21)(H2,16,17,18,19,20). The van der Waals surface area contributed by atoms with Crippen molar-refractivity contribution >= 4 is 38.6 Å². The Hall–Kier alpha value is -2.81. The van der Waals surface area contributed by atoms with Crippen molar-refractivity contribution in [3.8, 4) is 0 Å². The van der Waals surface area contributed by atoms with Gasteiger partial charge in [-0.15, -0.1) is 0 Å². The molecule has 0 aliphatic rings. The van der Waals surface area contributed by atoms with Crippen LogP contribution in [0.1, 0.15) is 23.0 Å². The van der Waals surface area contributed by atoms with Crippen LogP contribution in [0, 0.1) is 0 Å². The van der Waals surface area contributed by atoms with E-state index in [1.54, 1.807) is 12.4 Å². The molecule has 0 radical (unpaired) electrons. The molecule has 3 heterocycles. The van der Waals surface area contributed by atoms with E-state index in [4.69, 9.17) is 0 Å². The maximum Gasteiger partial charge on any atom is 0.273 e. The van der Waals surface area contributed by atoms with Gasteiger partial charge in [0.05, 0.1) is 0 Å². The molecular formula is C13H12N6O2S. The number of amides is 2. The smallest absolute Gasteiger partial charge is 0.273 e. The first kappa shape index (κ1) is 14.1. The van der Waals surface area contributed by atoms with Gasteiger partial charge < -0.3 is 10.6 Å². The predicted molar refractivity (Wildman–Crippen MR) is 81.5 cm³/mol. The van der Waals surface area contributed by atoms with E-state index in [0.29, 0.717) is 22.0 Å². The number of anilines is 1. The number of aromatic nitrogens is 4. The highest BCUT2D eigenvalue weighted by Crippen LogP contribution is 2.27. The average Bonchev–Trinajstić information content (AvgIpc) is 3.05. The molecule has 3 aromatic rings. The average molecular weight is 316 g/mol. The van der Waals surface area contributed by atoms with Crippen molar-refractivity contribution in [2.75, 3.05) is 5.32 Å². The minimum Gasteiger partial charge on any atom is -0.347 e. The van der Waals surface area contributed by atoms with E-state index in [0.717, 1.165) is 5.56 Å². The first-order chi connectivity index (χ1) is 10.6. The van der Waals surface area contributed by atoms with Crippen LogP contribution in [0.15, 0.2) is 24.5 Å². The molecule has 0 aliphatic heterocycles. The molecule has 0 saturated heterocycles. The Balaban J connectivity index is 1.76.